The highest BCUT2D eigenvalue weighted by Gasteiger charge is 2.54. The molecular formula is C42H37N2O3P3. The van der Waals surface area contributed by atoms with E-state index in [4.69, 9.17) is 0 Å². The molecule has 0 N–H and O–H groups in total. The van der Waals surface area contributed by atoms with Crippen LogP contribution >= 0.6 is 21.6 Å². The van der Waals surface area contributed by atoms with Crippen molar-refractivity contribution in [3.05, 3.63) is 127 Å². The summed E-state index contributed by atoms with van der Waals surface area (Å²) in [5.74, 6) is 0. The molecule has 50 heavy (non-hydrogen) atoms. The normalized spacial score (nSPS) is 22.4. The summed E-state index contributed by atoms with van der Waals surface area (Å²) < 4.78 is 50.0. The predicted molar refractivity (Wildman–Crippen MR) is 213 cm³/mol. The molecule has 8 heteroatoms. The quantitative estimate of drug-likeness (QED) is 0.162. The standard InChI is InChI=1S/C42H37N2O3P3/c1-5-43(6-2)50(47)38-26-32(29-18-12-8-13-19-29)24-36-41(38)44-40-34(48(36,3)45)22-31(28-16-10-7-11-17-28)23-35(40)49(4,46)37-25-33(27-39(50)42(37)44)30-20-14-9-15-21-30/h7-27H,5-6H2,1-4H3. The van der Waals surface area contributed by atoms with Crippen molar-refractivity contribution in [3.63, 3.8) is 0 Å². The highest BCUT2D eigenvalue weighted by Crippen LogP contribution is 2.66. The van der Waals surface area contributed by atoms with Gasteiger partial charge in [-0.3, -0.25) is 4.57 Å². The van der Waals surface area contributed by atoms with Crippen LogP contribution in [0.5, 0.6) is 0 Å². The average Bonchev–Trinajstić information content (AvgIpc) is 3.15. The summed E-state index contributed by atoms with van der Waals surface area (Å²) in [7, 11) is -10.2. The summed E-state index contributed by atoms with van der Waals surface area (Å²) in [6.45, 7) is 8.88. The molecule has 0 fully saturated rings. The molecule has 6 aromatic rings. The Hall–Kier alpha value is -4.23. The smallest absolute Gasteiger partial charge is 0.211 e. The Morgan fingerprint density at radius 1 is 0.440 bits per heavy atom. The van der Waals surface area contributed by atoms with E-state index in [1.165, 1.54) is 0 Å². The van der Waals surface area contributed by atoms with E-state index in [0.29, 0.717) is 44.9 Å². The monoisotopic (exact) mass is 710 g/mol. The van der Waals surface area contributed by atoms with Gasteiger partial charge in [0.2, 0.25) is 7.29 Å². The molecule has 5 nitrogen and oxygen atoms in total. The van der Waals surface area contributed by atoms with Crippen LogP contribution in [0, 0.1) is 0 Å². The second kappa shape index (κ2) is 11.1. The van der Waals surface area contributed by atoms with Crippen LogP contribution in [0.15, 0.2) is 127 Å². The van der Waals surface area contributed by atoms with E-state index in [1.807, 2.05) is 106 Å². The van der Waals surface area contributed by atoms with Crippen molar-refractivity contribution in [2.75, 3.05) is 31.3 Å². The van der Waals surface area contributed by atoms with Crippen molar-refractivity contribution in [3.8, 4) is 33.4 Å². The largest absolute Gasteiger partial charge is 0.314 e. The van der Waals surface area contributed by atoms with Crippen LogP contribution in [0.3, 0.4) is 0 Å². The Morgan fingerprint density at radius 3 is 1.02 bits per heavy atom. The van der Waals surface area contributed by atoms with Crippen LogP contribution in [0.25, 0.3) is 33.4 Å². The molecule has 3 aliphatic heterocycles. The van der Waals surface area contributed by atoms with Crippen molar-refractivity contribution < 1.29 is 13.7 Å². The molecule has 3 heterocycles. The van der Waals surface area contributed by atoms with Crippen LogP contribution in [0.4, 0.5) is 17.1 Å². The van der Waals surface area contributed by atoms with Gasteiger partial charge in [-0.05, 0) is 83.1 Å². The minimum Gasteiger partial charge on any atom is -0.314 e. The van der Waals surface area contributed by atoms with E-state index < -0.39 is 21.6 Å². The van der Waals surface area contributed by atoms with Crippen molar-refractivity contribution in [1.29, 1.82) is 0 Å². The molecule has 2 atom stereocenters. The van der Waals surface area contributed by atoms with E-state index >= 15 is 13.7 Å². The van der Waals surface area contributed by atoms with Gasteiger partial charge in [0.05, 0.1) is 27.7 Å². The molecule has 0 aliphatic carbocycles. The summed E-state index contributed by atoms with van der Waals surface area (Å²) >= 11 is 0. The fourth-order valence-corrected chi connectivity index (χ4v) is 16.4. The minimum absolute atomic E-state index is 0.554. The van der Waals surface area contributed by atoms with Gasteiger partial charge in [0, 0.05) is 34.3 Å². The van der Waals surface area contributed by atoms with Gasteiger partial charge < -0.3 is 14.0 Å². The molecule has 0 saturated carbocycles. The van der Waals surface area contributed by atoms with Gasteiger partial charge in [0.15, 0.2) is 0 Å². The van der Waals surface area contributed by atoms with Crippen molar-refractivity contribution in [2.24, 2.45) is 0 Å². The van der Waals surface area contributed by atoms with Gasteiger partial charge in [-0.1, -0.05) is 105 Å². The Balaban J connectivity index is 1.49. The Kier molecular flexibility index (Phi) is 7.07. The Bertz CT molecular complexity index is 2390. The third kappa shape index (κ3) is 4.22. The average molecular weight is 711 g/mol. The highest BCUT2D eigenvalue weighted by molar-refractivity contribution is 7.82. The molecule has 0 saturated heterocycles. The first kappa shape index (κ1) is 31.7. The lowest BCUT2D eigenvalue weighted by Crippen LogP contribution is -2.51. The summed E-state index contributed by atoms with van der Waals surface area (Å²) in [6, 6.07) is 42.6. The highest BCUT2D eigenvalue weighted by atomic mass is 31.2. The molecule has 2 unspecified atom stereocenters. The topological polar surface area (TPSA) is 57.7 Å². The molecule has 6 aromatic carbocycles. The van der Waals surface area contributed by atoms with Crippen molar-refractivity contribution in [2.45, 2.75) is 13.8 Å². The third-order valence-corrected chi connectivity index (χ3v) is 19.2. The number of hydrogen-bond acceptors (Lipinski definition) is 4. The SMILES string of the molecule is CCN(CC)P1(=O)c2cc(-c3ccccc3)cc3c2N2c4c(cc(-c5ccccc5)cc4P(C)(=O)c4cc(-c5ccccc5)cc1c42)P3(C)=O. The minimum atomic E-state index is -3.57. The third-order valence-electron chi connectivity index (χ3n) is 10.8. The van der Waals surface area contributed by atoms with E-state index in [9.17, 15) is 0 Å². The van der Waals surface area contributed by atoms with Gasteiger partial charge in [-0.25, -0.2) is 4.67 Å². The Morgan fingerprint density at radius 2 is 0.720 bits per heavy atom. The number of hydrogen-bond donors (Lipinski definition) is 0. The maximum absolute atomic E-state index is 16.5. The van der Waals surface area contributed by atoms with Gasteiger partial charge in [-0.15, -0.1) is 0 Å². The lowest BCUT2D eigenvalue weighted by atomic mass is 10.0. The van der Waals surface area contributed by atoms with Crippen LogP contribution in [-0.4, -0.2) is 31.1 Å². The molecule has 9 rings (SSSR count). The lowest BCUT2D eigenvalue weighted by molar-refractivity contribution is 0.458. The van der Waals surface area contributed by atoms with E-state index in [0.717, 1.165) is 50.4 Å². The zero-order chi connectivity index (χ0) is 34.6. The lowest BCUT2D eigenvalue weighted by Gasteiger charge is -2.50. The van der Waals surface area contributed by atoms with Gasteiger partial charge in [-0.2, -0.15) is 0 Å². The molecule has 3 aliphatic rings. The second-order valence-corrected chi connectivity index (χ2v) is 21.9. The zero-order valence-corrected chi connectivity index (χ0v) is 31.2. The molecule has 0 amide bonds. The summed E-state index contributed by atoms with van der Waals surface area (Å²) in [5, 5.41) is 4.17. The maximum Gasteiger partial charge on any atom is 0.211 e. The molecular weight excluding hydrogens is 673 g/mol. The number of benzene rings is 6. The van der Waals surface area contributed by atoms with Crippen LogP contribution < -0.4 is 36.7 Å². The van der Waals surface area contributed by atoms with Crippen LogP contribution in [0.2, 0.25) is 0 Å². The van der Waals surface area contributed by atoms with Crippen LogP contribution in [0.1, 0.15) is 13.8 Å². The van der Waals surface area contributed by atoms with Crippen molar-refractivity contribution >= 4 is 70.5 Å². The molecule has 0 aromatic heterocycles. The molecule has 248 valence electrons. The van der Waals surface area contributed by atoms with E-state index in [2.05, 4.69) is 58.1 Å². The van der Waals surface area contributed by atoms with Crippen LogP contribution in [-0.2, 0) is 13.7 Å². The maximum atomic E-state index is 16.5. The summed E-state index contributed by atoms with van der Waals surface area (Å²) in [6.07, 6.45) is 0. The Labute approximate surface area is 293 Å². The fourth-order valence-electron chi connectivity index (χ4n) is 8.31. The number of rotatable bonds is 6. The summed E-state index contributed by atoms with van der Waals surface area (Å²) in [4.78, 5) is 2.19. The molecule has 0 spiro atoms. The predicted octanol–water partition coefficient (Wildman–Crippen LogP) is 8.56. The van der Waals surface area contributed by atoms with E-state index in [1.54, 1.807) is 0 Å². The molecule has 0 radical (unpaired) electrons. The second-order valence-electron chi connectivity index (χ2n) is 13.6. The molecule has 0 bridgehead atoms. The fraction of sp³-hybridized carbons (Fsp3) is 0.143. The van der Waals surface area contributed by atoms with Gasteiger partial charge >= 0.3 is 0 Å². The van der Waals surface area contributed by atoms with E-state index in [-0.39, 0.29) is 0 Å². The zero-order valence-electron chi connectivity index (χ0n) is 28.5. The first-order chi connectivity index (χ1) is 24.1. The van der Waals surface area contributed by atoms with Crippen molar-refractivity contribution in [1.82, 2.24) is 4.67 Å². The number of anilines is 3. The summed E-state index contributed by atoms with van der Waals surface area (Å²) in [5.41, 5.74) is 7.78. The number of nitrogens with zero attached hydrogens (tertiary/aromatic N) is 2. The van der Waals surface area contributed by atoms with Gasteiger partial charge in [0.1, 0.15) is 14.3 Å². The first-order valence-electron chi connectivity index (χ1n) is 17.1. The van der Waals surface area contributed by atoms with Gasteiger partial charge in [0.25, 0.3) is 0 Å². The first-order valence-corrected chi connectivity index (χ1v) is 23.1.